The topological polar surface area (TPSA) is 48.8 Å². The van der Waals surface area contributed by atoms with Crippen molar-refractivity contribution in [2.75, 3.05) is 0 Å². The van der Waals surface area contributed by atoms with Gasteiger partial charge in [-0.1, -0.05) is 109 Å². The van der Waals surface area contributed by atoms with Crippen molar-refractivity contribution in [2.45, 2.75) is 0 Å². The molecule has 49 heavy (non-hydrogen) atoms. The normalized spacial score (nSPS) is 12.1. The van der Waals surface area contributed by atoms with Crippen molar-refractivity contribution >= 4 is 76.5 Å². The van der Waals surface area contributed by atoms with Crippen molar-refractivity contribution in [3.8, 4) is 22.9 Å². The molecule has 0 unspecified atom stereocenters. The summed E-state index contributed by atoms with van der Waals surface area (Å²) in [6.07, 6.45) is 0. The Kier molecular flexibility index (Phi) is 5.32. The SMILES string of the molecule is c1ccc(-c2nc(-n3c4ccccc4c4c5c6ccccc6n(-c6ccc7ccccc7c6)c5ccc43)nc3c2oc2ccccc23)cc1. The highest BCUT2D eigenvalue weighted by Gasteiger charge is 2.23. The third-order valence-electron chi connectivity index (χ3n) is 9.92. The number of rotatable bonds is 3. The Morgan fingerprint density at radius 3 is 1.84 bits per heavy atom. The van der Waals surface area contributed by atoms with Crippen LogP contribution in [0.5, 0.6) is 0 Å². The number of hydrogen-bond donors (Lipinski definition) is 0. The van der Waals surface area contributed by atoms with Crippen molar-refractivity contribution in [3.05, 3.63) is 158 Å². The molecule has 0 aliphatic rings. The van der Waals surface area contributed by atoms with Crippen molar-refractivity contribution < 1.29 is 4.42 Å². The lowest BCUT2D eigenvalue weighted by molar-refractivity contribution is 0.666. The Morgan fingerprint density at radius 1 is 0.449 bits per heavy atom. The molecule has 0 saturated heterocycles. The first kappa shape index (κ1) is 26.4. The largest absolute Gasteiger partial charge is 0.452 e. The van der Waals surface area contributed by atoms with E-state index >= 15 is 0 Å². The van der Waals surface area contributed by atoms with Gasteiger partial charge in [0, 0.05) is 38.2 Å². The zero-order chi connectivity index (χ0) is 32.1. The second-order valence-electron chi connectivity index (χ2n) is 12.6. The monoisotopic (exact) mass is 626 g/mol. The molecule has 0 bridgehead atoms. The average molecular weight is 627 g/mol. The van der Waals surface area contributed by atoms with Gasteiger partial charge in [0.1, 0.15) is 16.8 Å². The molecule has 0 saturated carbocycles. The van der Waals surface area contributed by atoms with Crippen LogP contribution in [0.2, 0.25) is 0 Å². The summed E-state index contributed by atoms with van der Waals surface area (Å²) in [5, 5.41) is 8.19. The van der Waals surface area contributed by atoms with Crippen LogP contribution in [0.4, 0.5) is 0 Å². The van der Waals surface area contributed by atoms with Crippen molar-refractivity contribution in [2.24, 2.45) is 0 Å². The maximum absolute atomic E-state index is 6.43. The maximum Gasteiger partial charge on any atom is 0.236 e. The van der Waals surface area contributed by atoms with Crippen LogP contribution in [0.15, 0.2) is 162 Å². The minimum Gasteiger partial charge on any atom is -0.452 e. The standard InChI is InChI=1S/C44H26N4O/c1-2-13-28(14-3-1)41-43-42(33-18-8-11-21-38(33)49-43)46-44(45-41)48-35-20-10-7-17-32(35)40-37(48)25-24-36-39(40)31-16-6-9-19-34(31)47(36)30-23-22-27-12-4-5-15-29(27)26-30/h1-26H. The maximum atomic E-state index is 6.43. The second kappa shape index (κ2) is 9.89. The van der Waals surface area contributed by atoms with E-state index in [1.807, 2.05) is 36.4 Å². The molecule has 11 rings (SSSR count). The predicted octanol–water partition coefficient (Wildman–Crippen LogP) is 11.4. The first-order valence-corrected chi connectivity index (χ1v) is 16.5. The molecule has 228 valence electrons. The van der Waals surface area contributed by atoms with Crippen LogP contribution in [-0.2, 0) is 0 Å². The highest BCUT2D eigenvalue weighted by Crippen LogP contribution is 2.43. The lowest BCUT2D eigenvalue weighted by Crippen LogP contribution is -2.02. The molecule has 11 aromatic rings. The molecule has 7 aromatic carbocycles. The van der Waals surface area contributed by atoms with E-state index in [-0.39, 0.29) is 0 Å². The predicted molar refractivity (Wildman–Crippen MR) is 201 cm³/mol. The minimum absolute atomic E-state index is 0.613. The van der Waals surface area contributed by atoms with Crippen molar-refractivity contribution in [3.63, 3.8) is 0 Å². The van der Waals surface area contributed by atoms with Crippen LogP contribution in [0.1, 0.15) is 0 Å². The van der Waals surface area contributed by atoms with E-state index in [0.29, 0.717) is 11.5 Å². The molecule has 0 spiro atoms. The van der Waals surface area contributed by atoms with Crippen LogP contribution in [-0.4, -0.2) is 19.1 Å². The van der Waals surface area contributed by atoms with Crippen LogP contribution < -0.4 is 0 Å². The molecule has 0 amide bonds. The van der Waals surface area contributed by atoms with Gasteiger partial charge in [-0.15, -0.1) is 0 Å². The molecule has 0 aliphatic heterocycles. The number of nitrogens with zero attached hydrogens (tertiary/aromatic N) is 4. The fourth-order valence-corrected chi connectivity index (χ4v) is 7.80. The summed E-state index contributed by atoms with van der Waals surface area (Å²) < 4.78 is 11.0. The number of fused-ring (bicyclic) bond motifs is 11. The molecule has 0 N–H and O–H groups in total. The fraction of sp³-hybridized carbons (Fsp3) is 0. The zero-order valence-corrected chi connectivity index (χ0v) is 26.2. The van der Waals surface area contributed by atoms with Gasteiger partial charge in [0.05, 0.1) is 22.1 Å². The van der Waals surface area contributed by atoms with Gasteiger partial charge >= 0.3 is 0 Å². The van der Waals surface area contributed by atoms with Gasteiger partial charge in [0.25, 0.3) is 0 Å². The van der Waals surface area contributed by atoms with Gasteiger partial charge in [-0.3, -0.25) is 4.57 Å². The minimum atomic E-state index is 0.613. The summed E-state index contributed by atoms with van der Waals surface area (Å²) in [5.41, 5.74) is 9.64. The number of hydrogen-bond acceptors (Lipinski definition) is 3. The Hall–Kier alpha value is -6.72. The molecular formula is C44H26N4O. The molecule has 4 heterocycles. The second-order valence-corrected chi connectivity index (χ2v) is 12.6. The van der Waals surface area contributed by atoms with Gasteiger partial charge in [-0.2, -0.15) is 0 Å². The smallest absolute Gasteiger partial charge is 0.236 e. The highest BCUT2D eigenvalue weighted by atomic mass is 16.3. The summed E-state index contributed by atoms with van der Waals surface area (Å²) in [4.78, 5) is 10.6. The van der Waals surface area contributed by atoms with Crippen LogP contribution in [0, 0.1) is 0 Å². The van der Waals surface area contributed by atoms with E-state index in [4.69, 9.17) is 14.4 Å². The summed E-state index contributed by atoms with van der Waals surface area (Å²) >= 11 is 0. The summed E-state index contributed by atoms with van der Waals surface area (Å²) in [6, 6.07) is 55.5. The van der Waals surface area contributed by atoms with Crippen LogP contribution in [0.25, 0.3) is 99.3 Å². The summed E-state index contributed by atoms with van der Waals surface area (Å²) in [6.45, 7) is 0. The van der Waals surface area contributed by atoms with Gasteiger partial charge < -0.3 is 8.98 Å². The van der Waals surface area contributed by atoms with Crippen LogP contribution >= 0.6 is 0 Å². The Balaban J connectivity index is 1.27. The Morgan fingerprint density at radius 2 is 1.06 bits per heavy atom. The highest BCUT2D eigenvalue weighted by molar-refractivity contribution is 6.29. The fourth-order valence-electron chi connectivity index (χ4n) is 7.80. The van der Waals surface area contributed by atoms with E-state index in [2.05, 4.69) is 130 Å². The third kappa shape index (κ3) is 3.70. The van der Waals surface area contributed by atoms with E-state index in [1.165, 1.54) is 32.4 Å². The Labute approximate surface area is 279 Å². The molecular weight excluding hydrogens is 601 g/mol. The van der Waals surface area contributed by atoms with Gasteiger partial charge in [0.2, 0.25) is 5.95 Å². The van der Waals surface area contributed by atoms with Crippen LogP contribution in [0.3, 0.4) is 0 Å². The van der Waals surface area contributed by atoms with Crippen molar-refractivity contribution in [1.82, 2.24) is 19.1 Å². The molecule has 0 atom stereocenters. The molecule has 4 aromatic heterocycles. The van der Waals surface area contributed by atoms with Crippen molar-refractivity contribution in [1.29, 1.82) is 0 Å². The molecule has 5 heteroatoms. The van der Waals surface area contributed by atoms with E-state index in [0.717, 1.165) is 55.4 Å². The number of furan rings is 1. The number of aromatic nitrogens is 4. The lowest BCUT2D eigenvalue weighted by Gasteiger charge is -2.10. The molecule has 0 aliphatic carbocycles. The van der Waals surface area contributed by atoms with Gasteiger partial charge in [0.15, 0.2) is 5.58 Å². The molecule has 0 fully saturated rings. The average Bonchev–Trinajstić information content (AvgIpc) is 3.82. The van der Waals surface area contributed by atoms with E-state index in [1.54, 1.807) is 0 Å². The lowest BCUT2D eigenvalue weighted by atomic mass is 10.1. The summed E-state index contributed by atoms with van der Waals surface area (Å²) in [7, 11) is 0. The quantitative estimate of drug-likeness (QED) is 0.196. The third-order valence-corrected chi connectivity index (χ3v) is 9.92. The van der Waals surface area contributed by atoms with Gasteiger partial charge in [-0.25, -0.2) is 9.97 Å². The number of benzene rings is 7. The van der Waals surface area contributed by atoms with E-state index < -0.39 is 0 Å². The zero-order valence-electron chi connectivity index (χ0n) is 26.2. The first-order valence-electron chi connectivity index (χ1n) is 16.5. The van der Waals surface area contributed by atoms with Gasteiger partial charge in [-0.05, 0) is 59.3 Å². The summed E-state index contributed by atoms with van der Waals surface area (Å²) in [5.74, 6) is 0.613. The Bertz CT molecular complexity index is 3110. The van der Waals surface area contributed by atoms with E-state index in [9.17, 15) is 0 Å². The number of para-hydroxylation sites is 3. The molecule has 5 nitrogen and oxygen atoms in total. The first-order chi connectivity index (χ1) is 24.3. The molecule has 0 radical (unpaired) electrons.